The zero-order valence-electron chi connectivity index (χ0n) is 12.2. The van der Waals surface area contributed by atoms with E-state index in [4.69, 9.17) is 4.42 Å². The lowest BCUT2D eigenvalue weighted by atomic mass is 10.1. The second-order valence-electron chi connectivity index (χ2n) is 4.88. The number of rotatable bonds is 3. The SMILES string of the molecule is O=C(Nc1ccccn1)c1ccc(-c2ccccc2C(F)(F)F)o1. The summed E-state index contributed by atoms with van der Waals surface area (Å²) >= 11 is 0. The van der Waals surface area contributed by atoms with Crippen LogP contribution in [0.3, 0.4) is 0 Å². The van der Waals surface area contributed by atoms with Gasteiger partial charge in [-0.2, -0.15) is 13.2 Å². The van der Waals surface area contributed by atoms with Crippen LogP contribution in [0.25, 0.3) is 11.3 Å². The van der Waals surface area contributed by atoms with Crippen LogP contribution in [0.2, 0.25) is 0 Å². The van der Waals surface area contributed by atoms with Gasteiger partial charge in [0.05, 0.1) is 5.56 Å². The molecule has 4 nitrogen and oxygen atoms in total. The van der Waals surface area contributed by atoms with Crippen LogP contribution in [-0.2, 0) is 6.18 Å². The van der Waals surface area contributed by atoms with E-state index in [0.717, 1.165) is 6.07 Å². The first kappa shape index (κ1) is 15.8. The van der Waals surface area contributed by atoms with Gasteiger partial charge in [-0.1, -0.05) is 24.3 Å². The first-order valence-corrected chi connectivity index (χ1v) is 6.94. The van der Waals surface area contributed by atoms with Crippen LogP contribution in [0, 0.1) is 0 Å². The van der Waals surface area contributed by atoms with E-state index in [9.17, 15) is 18.0 Å². The Kier molecular flexibility index (Phi) is 4.07. The average molecular weight is 332 g/mol. The Hall–Kier alpha value is -3.09. The minimum Gasteiger partial charge on any atom is -0.451 e. The second kappa shape index (κ2) is 6.19. The third-order valence-corrected chi connectivity index (χ3v) is 3.23. The minimum atomic E-state index is -4.51. The van der Waals surface area contributed by atoms with Crippen LogP contribution in [0.15, 0.2) is 65.2 Å². The molecule has 0 bridgehead atoms. The van der Waals surface area contributed by atoms with Gasteiger partial charge in [0.1, 0.15) is 11.6 Å². The van der Waals surface area contributed by atoms with E-state index in [0.29, 0.717) is 5.82 Å². The van der Waals surface area contributed by atoms with Gasteiger partial charge in [-0.3, -0.25) is 4.79 Å². The molecule has 0 aliphatic rings. The lowest BCUT2D eigenvalue weighted by Crippen LogP contribution is -2.11. The number of nitrogens with one attached hydrogen (secondary N) is 1. The van der Waals surface area contributed by atoms with Crippen molar-refractivity contribution in [3.63, 3.8) is 0 Å². The van der Waals surface area contributed by atoms with Gasteiger partial charge >= 0.3 is 6.18 Å². The van der Waals surface area contributed by atoms with Crippen molar-refractivity contribution >= 4 is 11.7 Å². The molecule has 0 fully saturated rings. The summed E-state index contributed by atoms with van der Waals surface area (Å²) in [7, 11) is 0. The zero-order valence-corrected chi connectivity index (χ0v) is 12.2. The summed E-state index contributed by atoms with van der Waals surface area (Å²) in [6.07, 6.45) is -3.01. The number of anilines is 1. The summed E-state index contributed by atoms with van der Waals surface area (Å²) in [4.78, 5) is 16.0. The molecular weight excluding hydrogens is 321 g/mol. The molecule has 0 atom stereocenters. The van der Waals surface area contributed by atoms with Crippen molar-refractivity contribution in [3.8, 4) is 11.3 Å². The predicted octanol–water partition coefficient (Wildman–Crippen LogP) is 4.61. The number of hydrogen-bond acceptors (Lipinski definition) is 3. The molecule has 2 aromatic heterocycles. The molecule has 2 heterocycles. The number of hydrogen-bond donors (Lipinski definition) is 1. The number of halogens is 3. The van der Waals surface area contributed by atoms with Gasteiger partial charge in [-0.15, -0.1) is 0 Å². The van der Waals surface area contributed by atoms with Crippen LogP contribution >= 0.6 is 0 Å². The Morgan fingerprint density at radius 2 is 1.75 bits per heavy atom. The number of benzene rings is 1. The van der Waals surface area contributed by atoms with Crippen LogP contribution in [0.1, 0.15) is 16.1 Å². The molecule has 0 saturated carbocycles. The van der Waals surface area contributed by atoms with E-state index in [1.54, 1.807) is 18.2 Å². The molecule has 122 valence electrons. The minimum absolute atomic E-state index is 0.0332. The van der Waals surface area contributed by atoms with E-state index in [1.807, 2.05) is 0 Å². The topological polar surface area (TPSA) is 55.1 Å². The monoisotopic (exact) mass is 332 g/mol. The smallest absolute Gasteiger partial charge is 0.417 e. The number of aromatic nitrogens is 1. The normalized spacial score (nSPS) is 11.3. The summed E-state index contributed by atoms with van der Waals surface area (Å²) in [5.74, 6) is -0.415. The maximum absolute atomic E-state index is 13.1. The number of pyridine rings is 1. The van der Waals surface area contributed by atoms with Gasteiger partial charge in [-0.25, -0.2) is 4.98 Å². The van der Waals surface area contributed by atoms with Crippen molar-refractivity contribution in [2.75, 3.05) is 5.32 Å². The van der Waals surface area contributed by atoms with Crippen LogP contribution < -0.4 is 5.32 Å². The number of alkyl halides is 3. The van der Waals surface area contributed by atoms with Crippen LogP contribution in [0.5, 0.6) is 0 Å². The van der Waals surface area contributed by atoms with Crippen molar-refractivity contribution in [3.05, 3.63) is 72.1 Å². The largest absolute Gasteiger partial charge is 0.451 e. The lowest BCUT2D eigenvalue weighted by Gasteiger charge is -2.10. The van der Waals surface area contributed by atoms with Gasteiger partial charge in [0.25, 0.3) is 5.91 Å². The number of furan rings is 1. The number of amides is 1. The van der Waals surface area contributed by atoms with Crippen molar-refractivity contribution in [2.24, 2.45) is 0 Å². The number of carbonyl (C=O) groups excluding carboxylic acids is 1. The Morgan fingerprint density at radius 3 is 2.46 bits per heavy atom. The predicted molar refractivity (Wildman–Crippen MR) is 81.3 cm³/mol. The molecule has 0 unspecified atom stereocenters. The fourth-order valence-electron chi connectivity index (χ4n) is 2.16. The van der Waals surface area contributed by atoms with E-state index in [2.05, 4.69) is 10.3 Å². The molecule has 0 saturated heterocycles. The van der Waals surface area contributed by atoms with Crippen LogP contribution in [0.4, 0.5) is 19.0 Å². The summed E-state index contributed by atoms with van der Waals surface area (Å²) in [6, 6.07) is 12.6. The summed E-state index contributed by atoms with van der Waals surface area (Å²) in [6.45, 7) is 0. The maximum atomic E-state index is 13.1. The molecule has 24 heavy (non-hydrogen) atoms. The molecular formula is C17H11F3N2O2. The van der Waals surface area contributed by atoms with Crippen LogP contribution in [-0.4, -0.2) is 10.9 Å². The van der Waals surface area contributed by atoms with E-state index < -0.39 is 17.6 Å². The highest BCUT2D eigenvalue weighted by molar-refractivity contribution is 6.02. The third-order valence-electron chi connectivity index (χ3n) is 3.23. The van der Waals surface area contributed by atoms with Gasteiger partial charge in [0.2, 0.25) is 0 Å². The Morgan fingerprint density at radius 1 is 1.00 bits per heavy atom. The first-order chi connectivity index (χ1) is 11.4. The molecule has 3 aromatic rings. The fraction of sp³-hybridized carbons (Fsp3) is 0.0588. The van der Waals surface area contributed by atoms with E-state index in [1.165, 1.54) is 36.5 Å². The zero-order chi connectivity index (χ0) is 17.2. The molecule has 7 heteroatoms. The first-order valence-electron chi connectivity index (χ1n) is 6.94. The third kappa shape index (κ3) is 3.29. The second-order valence-corrected chi connectivity index (χ2v) is 4.88. The average Bonchev–Trinajstić information content (AvgIpc) is 3.05. The van der Waals surface area contributed by atoms with Gasteiger partial charge < -0.3 is 9.73 Å². The lowest BCUT2D eigenvalue weighted by molar-refractivity contribution is -0.137. The number of carbonyl (C=O) groups is 1. The van der Waals surface area contributed by atoms with Crippen molar-refractivity contribution in [1.82, 2.24) is 4.98 Å². The molecule has 0 spiro atoms. The summed E-state index contributed by atoms with van der Waals surface area (Å²) in [5.41, 5.74) is -0.946. The summed E-state index contributed by atoms with van der Waals surface area (Å²) in [5, 5.41) is 2.50. The molecule has 0 radical (unpaired) electrons. The van der Waals surface area contributed by atoms with E-state index in [-0.39, 0.29) is 17.1 Å². The summed E-state index contributed by atoms with van der Waals surface area (Å²) < 4.78 is 44.5. The molecule has 0 aliphatic heterocycles. The molecule has 1 amide bonds. The standard InChI is InChI=1S/C17H11F3N2O2/c18-17(19,20)12-6-2-1-5-11(12)13-8-9-14(24-13)16(23)22-15-7-3-4-10-21-15/h1-10H,(H,21,22,23). The van der Waals surface area contributed by atoms with Crippen molar-refractivity contribution in [2.45, 2.75) is 6.18 Å². The molecule has 1 aromatic carbocycles. The highest BCUT2D eigenvalue weighted by Crippen LogP contribution is 2.37. The Labute approximate surface area is 134 Å². The Balaban J connectivity index is 1.88. The Bertz CT molecular complexity index is 858. The highest BCUT2D eigenvalue weighted by atomic mass is 19.4. The maximum Gasteiger partial charge on any atom is 0.417 e. The van der Waals surface area contributed by atoms with E-state index >= 15 is 0 Å². The molecule has 0 aliphatic carbocycles. The fourth-order valence-corrected chi connectivity index (χ4v) is 2.16. The molecule has 1 N–H and O–H groups in total. The number of nitrogens with zero attached hydrogens (tertiary/aromatic N) is 1. The van der Waals surface area contributed by atoms with Crippen molar-refractivity contribution < 1.29 is 22.4 Å². The van der Waals surface area contributed by atoms with Crippen molar-refractivity contribution in [1.29, 1.82) is 0 Å². The van der Waals surface area contributed by atoms with Gasteiger partial charge in [-0.05, 0) is 30.3 Å². The van der Waals surface area contributed by atoms with Gasteiger partial charge in [0.15, 0.2) is 5.76 Å². The van der Waals surface area contributed by atoms with Gasteiger partial charge in [0, 0.05) is 11.8 Å². The highest BCUT2D eigenvalue weighted by Gasteiger charge is 2.34. The molecule has 3 rings (SSSR count). The quantitative estimate of drug-likeness (QED) is 0.762.